The van der Waals surface area contributed by atoms with Crippen molar-refractivity contribution in [3.63, 3.8) is 0 Å². The largest absolute Gasteiger partial charge is 0.471 e. The molecule has 0 radical (unpaired) electrons. The number of aryl methyl sites for hydroxylation is 1. The number of likely N-dealkylation sites (tertiary alicyclic amines) is 1. The second-order valence-corrected chi connectivity index (χ2v) is 9.91. The zero-order chi connectivity index (χ0) is 25.9. The van der Waals surface area contributed by atoms with Gasteiger partial charge in [0.2, 0.25) is 11.8 Å². The molecule has 0 unspecified atom stereocenters. The molecule has 1 heterocycles. The van der Waals surface area contributed by atoms with Crippen molar-refractivity contribution >= 4 is 17.7 Å². The minimum absolute atomic E-state index is 0.213. The summed E-state index contributed by atoms with van der Waals surface area (Å²) in [5.74, 6) is -2.96. The molecule has 1 aromatic rings. The number of halogens is 3. The number of carbonyl (C=O) groups is 3. The molecule has 1 aromatic carbocycles. The third-order valence-electron chi connectivity index (χ3n) is 6.93. The van der Waals surface area contributed by atoms with Gasteiger partial charge in [-0.05, 0) is 56.1 Å². The van der Waals surface area contributed by atoms with Crippen molar-refractivity contribution in [3.05, 3.63) is 35.4 Å². The average molecular weight is 497 g/mol. The first kappa shape index (κ1) is 27.0. The first-order chi connectivity index (χ1) is 16.4. The predicted molar refractivity (Wildman–Crippen MR) is 125 cm³/mol. The Labute approximate surface area is 204 Å². The van der Waals surface area contributed by atoms with Crippen molar-refractivity contribution in [2.24, 2.45) is 11.7 Å². The molecule has 3 amide bonds. The van der Waals surface area contributed by atoms with E-state index < -0.39 is 42.2 Å². The average Bonchev–Trinajstić information content (AvgIpc) is 3.27. The Hall–Kier alpha value is -2.62. The van der Waals surface area contributed by atoms with Crippen molar-refractivity contribution in [1.29, 1.82) is 0 Å². The number of hydrogen-bond donors (Lipinski definition) is 2. The standard InChI is InChI=1S/C25H35F3N4O3/c1-15(2)21(30-22(33)16(3)29)23(34)31-13-7-10-18(31)14-32(24(35)25(26,27)28)20-12-6-9-17-8-4-5-11-19(17)20/h4-5,8,11,15-16,18,20-21H,6-7,9-10,12-14,29H2,1-3H3,(H,30,33)/t16-,18-,20-,21-/m0/s1. The molecule has 0 saturated carbocycles. The van der Waals surface area contributed by atoms with E-state index in [4.69, 9.17) is 5.73 Å². The summed E-state index contributed by atoms with van der Waals surface area (Å²) >= 11 is 0. The number of carbonyl (C=O) groups excluding carboxylic acids is 3. The monoisotopic (exact) mass is 496 g/mol. The van der Waals surface area contributed by atoms with Gasteiger partial charge < -0.3 is 20.9 Å². The fourth-order valence-corrected chi connectivity index (χ4v) is 5.09. The fourth-order valence-electron chi connectivity index (χ4n) is 5.09. The highest BCUT2D eigenvalue weighted by molar-refractivity contribution is 5.90. The fraction of sp³-hybridized carbons (Fsp3) is 0.640. The molecule has 0 bridgehead atoms. The highest BCUT2D eigenvalue weighted by Crippen LogP contribution is 2.37. The number of alkyl halides is 3. The van der Waals surface area contributed by atoms with Crippen LogP contribution in [0.1, 0.15) is 63.6 Å². The van der Waals surface area contributed by atoms with Gasteiger partial charge in [-0.1, -0.05) is 38.1 Å². The summed E-state index contributed by atoms with van der Waals surface area (Å²) in [4.78, 5) is 40.7. The van der Waals surface area contributed by atoms with Gasteiger partial charge >= 0.3 is 12.1 Å². The molecule has 1 saturated heterocycles. The van der Waals surface area contributed by atoms with Crippen LogP contribution in [0, 0.1) is 5.92 Å². The van der Waals surface area contributed by atoms with Gasteiger partial charge in [-0.15, -0.1) is 0 Å². The van der Waals surface area contributed by atoms with Gasteiger partial charge in [-0.25, -0.2) is 0 Å². The maximum atomic E-state index is 13.7. The number of fused-ring (bicyclic) bond motifs is 1. The van der Waals surface area contributed by atoms with E-state index in [1.54, 1.807) is 26.0 Å². The second-order valence-electron chi connectivity index (χ2n) is 9.91. The Morgan fingerprint density at radius 1 is 1.14 bits per heavy atom. The van der Waals surface area contributed by atoms with Crippen LogP contribution in [-0.2, 0) is 20.8 Å². The van der Waals surface area contributed by atoms with Crippen molar-refractivity contribution in [2.75, 3.05) is 13.1 Å². The molecule has 35 heavy (non-hydrogen) atoms. The summed E-state index contributed by atoms with van der Waals surface area (Å²) in [5, 5.41) is 2.67. The van der Waals surface area contributed by atoms with Crippen LogP contribution in [0.25, 0.3) is 0 Å². The van der Waals surface area contributed by atoms with E-state index in [1.165, 1.54) is 11.8 Å². The van der Waals surface area contributed by atoms with E-state index in [-0.39, 0.29) is 18.4 Å². The number of amides is 3. The minimum Gasteiger partial charge on any atom is -0.343 e. The molecule has 194 valence electrons. The Morgan fingerprint density at radius 2 is 1.83 bits per heavy atom. The Morgan fingerprint density at radius 3 is 2.46 bits per heavy atom. The third kappa shape index (κ3) is 6.15. The second kappa shape index (κ2) is 11.0. The van der Waals surface area contributed by atoms with Crippen LogP contribution in [0.4, 0.5) is 13.2 Å². The Bertz CT molecular complexity index is 935. The summed E-state index contributed by atoms with van der Waals surface area (Å²) in [7, 11) is 0. The topological polar surface area (TPSA) is 95.7 Å². The number of benzene rings is 1. The van der Waals surface area contributed by atoms with E-state index in [0.29, 0.717) is 32.2 Å². The third-order valence-corrected chi connectivity index (χ3v) is 6.93. The van der Waals surface area contributed by atoms with Crippen LogP contribution in [0.2, 0.25) is 0 Å². The zero-order valence-electron chi connectivity index (χ0n) is 20.5. The molecule has 0 spiro atoms. The van der Waals surface area contributed by atoms with E-state index in [2.05, 4.69) is 5.32 Å². The Kier molecular flexibility index (Phi) is 8.46. The lowest BCUT2D eigenvalue weighted by molar-refractivity contribution is -0.189. The maximum Gasteiger partial charge on any atom is 0.471 e. The molecule has 3 rings (SSSR count). The SMILES string of the molecule is CC(C)[C@H](NC(=O)[C@H](C)N)C(=O)N1CCC[C@H]1CN(C(=O)C(F)(F)F)[C@H]1CCCc2ccccc21. The van der Waals surface area contributed by atoms with Gasteiger partial charge in [-0.3, -0.25) is 14.4 Å². The van der Waals surface area contributed by atoms with Gasteiger partial charge in [0.1, 0.15) is 6.04 Å². The van der Waals surface area contributed by atoms with Crippen molar-refractivity contribution < 1.29 is 27.6 Å². The molecule has 3 N–H and O–H groups in total. The predicted octanol–water partition coefficient (Wildman–Crippen LogP) is 2.93. The quantitative estimate of drug-likeness (QED) is 0.607. The number of nitrogens with two attached hydrogens (primary N) is 1. The van der Waals surface area contributed by atoms with E-state index in [9.17, 15) is 27.6 Å². The number of rotatable bonds is 7. The molecule has 1 fully saturated rings. The van der Waals surface area contributed by atoms with E-state index >= 15 is 0 Å². The highest BCUT2D eigenvalue weighted by Gasteiger charge is 2.47. The summed E-state index contributed by atoms with van der Waals surface area (Å²) < 4.78 is 41.0. The van der Waals surface area contributed by atoms with Crippen LogP contribution in [0.5, 0.6) is 0 Å². The smallest absolute Gasteiger partial charge is 0.343 e. The maximum absolute atomic E-state index is 13.7. The van der Waals surface area contributed by atoms with Gasteiger partial charge in [0.25, 0.3) is 0 Å². The van der Waals surface area contributed by atoms with Crippen molar-refractivity contribution in [1.82, 2.24) is 15.1 Å². The van der Waals surface area contributed by atoms with Crippen LogP contribution in [-0.4, -0.2) is 64.9 Å². The number of nitrogens with zero attached hydrogens (tertiary/aromatic N) is 2. The lowest BCUT2D eigenvalue weighted by atomic mass is 9.86. The van der Waals surface area contributed by atoms with Crippen molar-refractivity contribution in [3.8, 4) is 0 Å². The van der Waals surface area contributed by atoms with Crippen LogP contribution in [0.3, 0.4) is 0 Å². The lowest BCUT2D eigenvalue weighted by Crippen LogP contribution is -2.57. The van der Waals surface area contributed by atoms with E-state index in [0.717, 1.165) is 22.4 Å². The molecule has 1 aliphatic carbocycles. The van der Waals surface area contributed by atoms with Gasteiger partial charge in [0, 0.05) is 19.1 Å². The summed E-state index contributed by atoms with van der Waals surface area (Å²) in [6.45, 7) is 5.23. The van der Waals surface area contributed by atoms with Crippen LogP contribution in [0.15, 0.2) is 24.3 Å². The minimum atomic E-state index is -5.02. The van der Waals surface area contributed by atoms with Crippen LogP contribution >= 0.6 is 0 Å². The summed E-state index contributed by atoms with van der Waals surface area (Å²) in [6.07, 6.45) is -2.07. The van der Waals surface area contributed by atoms with Crippen molar-refractivity contribution in [2.45, 2.75) is 83.2 Å². The van der Waals surface area contributed by atoms with Gasteiger partial charge in [-0.2, -0.15) is 13.2 Å². The molecular formula is C25H35F3N4O3. The normalized spacial score (nSPS) is 21.9. The molecule has 0 aromatic heterocycles. The van der Waals surface area contributed by atoms with Crippen LogP contribution < -0.4 is 11.1 Å². The highest BCUT2D eigenvalue weighted by atomic mass is 19.4. The first-order valence-electron chi connectivity index (χ1n) is 12.2. The Balaban J connectivity index is 1.88. The molecule has 10 heteroatoms. The molecule has 7 nitrogen and oxygen atoms in total. The summed E-state index contributed by atoms with van der Waals surface area (Å²) in [6, 6.07) is 4.36. The molecule has 1 aliphatic heterocycles. The lowest BCUT2D eigenvalue weighted by Gasteiger charge is -2.40. The number of hydrogen-bond acceptors (Lipinski definition) is 4. The van der Waals surface area contributed by atoms with Gasteiger partial charge in [0.05, 0.1) is 12.1 Å². The molecule has 4 atom stereocenters. The van der Waals surface area contributed by atoms with Gasteiger partial charge in [0.15, 0.2) is 0 Å². The first-order valence-corrected chi connectivity index (χ1v) is 12.2. The molecular weight excluding hydrogens is 461 g/mol. The zero-order valence-corrected chi connectivity index (χ0v) is 20.5. The molecule has 2 aliphatic rings. The van der Waals surface area contributed by atoms with E-state index in [1.807, 2.05) is 12.1 Å². The number of nitrogens with one attached hydrogen (secondary N) is 1. The summed E-state index contributed by atoms with van der Waals surface area (Å²) in [5.41, 5.74) is 7.32.